The first-order valence-electron chi connectivity index (χ1n) is 8.77. The minimum absolute atomic E-state index is 0.145. The molecule has 1 aromatic carbocycles. The number of nitrogens with one attached hydrogen (secondary N) is 2. The van der Waals surface area contributed by atoms with Gasteiger partial charge in [-0.1, -0.05) is 12.1 Å². The number of hydrogen-bond acceptors (Lipinski definition) is 3. The molecule has 128 valence electrons. The number of aryl methyl sites for hydroxylation is 3. The van der Waals surface area contributed by atoms with Gasteiger partial charge in [0.15, 0.2) is 0 Å². The van der Waals surface area contributed by atoms with Crippen molar-refractivity contribution in [3.8, 4) is 5.75 Å². The number of H-pyrrole nitrogens is 1. The van der Waals surface area contributed by atoms with E-state index in [4.69, 9.17) is 0 Å². The topological polar surface area (TPSA) is 77.5 Å². The molecular weight excluding hydrogens is 314 g/mol. The van der Waals surface area contributed by atoms with Gasteiger partial charge < -0.3 is 10.1 Å². The zero-order valence-electron chi connectivity index (χ0n) is 14.0. The summed E-state index contributed by atoms with van der Waals surface area (Å²) in [5, 5.41) is 13.6. The van der Waals surface area contributed by atoms with Crippen molar-refractivity contribution in [2.24, 2.45) is 5.10 Å². The monoisotopic (exact) mass is 335 g/mol. The van der Waals surface area contributed by atoms with Crippen molar-refractivity contribution >= 4 is 17.7 Å². The van der Waals surface area contributed by atoms with Crippen LogP contribution in [0.5, 0.6) is 5.75 Å². The Bertz CT molecular complexity index is 836. The van der Waals surface area contributed by atoms with Gasteiger partial charge in [0.1, 0.15) is 5.75 Å². The molecule has 5 heteroatoms. The molecule has 3 N–H and O–H groups in total. The molecule has 0 saturated heterocycles. The normalized spacial score (nSPS) is 18.2. The Hall–Kier alpha value is -2.82. The van der Waals surface area contributed by atoms with Gasteiger partial charge in [-0.05, 0) is 73.9 Å². The SMILES string of the molecule is O=C1NN=C(CCc2ccc(O)cc2)/C1=C\c1cc2c([nH]1)CCCC2. The summed E-state index contributed by atoms with van der Waals surface area (Å²) in [6, 6.07) is 9.29. The van der Waals surface area contributed by atoms with E-state index in [-0.39, 0.29) is 11.7 Å². The standard InChI is InChI=1S/C20H21N3O2/c24-16-8-5-13(6-9-16)7-10-19-17(20(25)23-22-19)12-15-11-14-3-1-2-4-18(14)21-15/h5-6,8-9,11-12,21,24H,1-4,7,10H2,(H,23,25)/b17-12+. The lowest BCUT2D eigenvalue weighted by atomic mass is 9.98. The summed E-state index contributed by atoms with van der Waals surface area (Å²) in [5.41, 5.74) is 8.76. The predicted molar refractivity (Wildman–Crippen MR) is 97.4 cm³/mol. The molecular formula is C20H21N3O2. The van der Waals surface area contributed by atoms with Crippen molar-refractivity contribution in [1.82, 2.24) is 10.4 Å². The highest BCUT2D eigenvalue weighted by Gasteiger charge is 2.23. The summed E-state index contributed by atoms with van der Waals surface area (Å²) in [6.45, 7) is 0. The first-order chi connectivity index (χ1) is 12.2. The van der Waals surface area contributed by atoms with E-state index in [2.05, 4.69) is 21.6 Å². The molecule has 2 aliphatic rings. The number of hydrogen-bond donors (Lipinski definition) is 3. The van der Waals surface area contributed by atoms with Gasteiger partial charge in [0.2, 0.25) is 0 Å². The van der Waals surface area contributed by atoms with Crippen LogP contribution in [0.2, 0.25) is 0 Å². The van der Waals surface area contributed by atoms with Gasteiger partial charge in [0.05, 0.1) is 11.3 Å². The van der Waals surface area contributed by atoms with E-state index in [9.17, 15) is 9.90 Å². The molecule has 0 spiro atoms. The first-order valence-corrected chi connectivity index (χ1v) is 8.77. The number of aromatic amines is 1. The number of amides is 1. The molecule has 5 nitrogen and oxygen atoms in total. The van der Waals surface area contributed by atoms with E-state index in [0.717, 1.165) is 36.2 Å². The van der Waals surface area contributed by atoms with Crippen LogP contribution < -0.4 is 5.43 Å². The fraction of sp³-hybridized carbons (Fsp3) is 0.300. The van der Waals surface area contributed by atoms with Crippen LogP contribution in [0.15, 0.2) is 41.0 Å². The van der Waals surface area contributed by atoms with Gasteiger partial charge >= 0.3 is 0 Å². The van der Waals surface area contributed by atoms with Gasteiger partial charge in [-0.3, -0.25) is 4.79 Å². The third-order valence-corrected chi connectivity index (χ3v) is 4.87. The van der Waals surface area contributed by atoms with E-state index < -0.39 is 0 Å². The lowest BCUT2D eigenvalue weighted by molar-refractivity contribution is -0.116. The van der Waals surface area contributed by atoms with Crippen LogP contribution in [0.4, 0.5) is 0 Å². The lowest BCUT2D eigenvalue weighted by Gasteiger charge is -2.08. The third kappa shape index (κ3) is 3.36. The summed E-state index contributed by atoms with van der Waals surface area (Å²) >= 11 is 0. The number of phenolic OH excluding ortho intramolecular Hbond substituents is 1. The number of fused-ring (bicyclic) bond motifs is 1. The molecule has 25 heavy (non-hydrogen) atoms. The quantitative estimate of drug-likeness (QED) is 0.751. The van der Waals surface area contributed by atoms with Crippen LogP contribution in [-0.4, -0.2) is 21.7 Å². The van der Waals surface area contributed by atoms with Gasteiger partial charge in [-0.25, -0.2) is 5.43 Å². The van der Waals surface area contributed by atoms with Crippen LogP contribution in [0.3, 0.4) is 0 Å². The second kappa shape index (κ2) is 6.59. The molecule has 2 aromatic rings. The third-order valence-electron chi connectivity index (χ3n) is 4.87. The van der Waals surface area contributed by atoms with E-state index in [1.165, 1.54) is 24.1 Å². The van der Waals surface area contributed by atoms with Crippen molar-refractivity contribution < 1.29 is 9.90 Å². The predicted octanol–water partition coefficient (Wildman–Crippen LogP) is 3.10. The second-order valence-corrected chi connectivity index (χ2v) is 6.66. The number of hydrazone groups is 1. The number of benzene rings is 1. The lowest BCUT2D eigenvalue weighted by Crippen LogP contribution is -2.13. The molecule has 0 radical (unpaired) electrons. The number of carbonyl (C=O) groups is 1. The zero-order chi connectivity index (χ0) is 17.2. The number of phenols is 1. The van der Waals surface area contributed by atoms with Crippen LogP contribution >= 0.6 is 0 Å². The van der Waals surface area contributed by atoms with Crippen molar-refractivity contribution in [3.63, 3.8) is 0 Å². The fourth-order valence-corrected chi connectivity index (χ4v) is 3.50. The minimum Gasteiger partial charge on any atom is -0.508 e. The van der Waals surface area contributed by atoms with Crippen LogP contribution in [0.25, 0.3) is 6.08 Å². The van der Waals surface area contributed by atoms with E-state index in [0.29, 0.717) is 12.0 Å². The highest BCUT2D eigenvalue weighted by Crippen LogP contribution is 2.24. The summed E-state index contributed by atoms with van der Waals surface area (Å²) < 4.78 is 0. The zero-order valence-corrected chi connectivity index (χ0v) is 14.0. The Morgan fingerprint density at radius 2 is 1.92 bits per heavy atom. The number of aromatic hydroxyl groups is 1. The van der Waals surface area contributed by atoms with E-state index in [1.807, 2.05) is 18.2 Å². The Morgan fingerprint density at radius 1 is 1.12 bits per heavy atom. The van der Waals surface area contributed by atoms with Crippen LogP contribution in [0, 0.1) is 0 Å². The fourth-order valence-electron chi connectivity index (χ4n) is 3.50. The maximum atomic E-state index is 12.1. The second-order valence-electron chi connectivity index (χ2n) is 6.66. The largest absolute Gasteiger partial charge is 0.508 e. The maximum absolute atomic E-state index is 12.1. The molecule has 0 atom stereocenters. The van der Waals surface area contributed by atoms with Gasteiger partial charge in [0.25, 0.3) is 5.91 Å². The first kappa shape index (κ1) is 15.7. The molecule has 0 unspecified atom stereocenters. The van der Waals surface area contributed by atoms with Crippen LogP contribution in [0.1, 0.15) is 41.8 Å². The highest BCUT2D eigenvalue weighted by atomic mass is 16.3. The van der Waals surface area contributed by atoms with Crippen molar-refractivity contribution in [3.05, 3.63) is 58.4 Å². The van der Waals surface area contributed by atoms with E-state index in [1.54, 1.807) is 12.1 Å². The maximum Gasteiger partial charge on any atom is 0.273 e. The van der Waals surface area contributed by atoms with Gasteiger partial charge in [-0.15, -0.1) is 0 Å². The molecule has 4 rings (SSSR count). The molecule has 0 fully saturated rings. The highest BCUT2D eigenvalue weighted by molar-refractivity contribution is 6.27. The van der Waals surface area contributed by atoms with Crippen molar-refractivity contribution in [1.29, 1.82) is 0 Å². The van der Waals surface area contributed by atoms with Gasteiger partial charge in [0, 0.05) is 11.4 Å². The summed E-state index contributed by atoms with van der Waals surface area (Å²) in [6.07, 6.45) is 8.03. The molecule has 1 aliphatic heterocycles. The number of rotatable bonds is 4. The van der Waals surface area contributed by atoms with Crippen molar-refractivity contribution in [2.75, 3.05) is 0 Å². The molecule has 1 aromatic heterocycles. The Morgan fingerprint density at radius 3 is 2.72 bits per heavy atom. The van der Waals surface area contributed by atoms with Crippen molar-refractivity contribution in [2.45, 2.75) is 38.5 Å². The molecule has 0 bridgehead atoms. The Labute approximate surface area is 146 Å². The Kier molecular flexibility index (Phi) is 4.14. The van der Waals surface area contributed by atoms with Gasteiger partial charge in [-0.2, -0.15) is 5.10 Å². The number of carbonyl (C=O) groups excluding carboxylic acids is 1. The molecule has 2 heterocycles. The van der Waals surface area contributed by atoms with E-state index >= 15 is 0 Å². The average molecular weight is 335 g/mol. The summed E-state index contributed by atoms with van der Waals surface area (Å²) in [4.78, 5) is 15.6. The molecule has 1 aliphatic carbocycles. The average Bonchev–Trinajstić information content (AvgIpc) is 3.18. The summed E-state index contributed by atoms with van der Waals surface area (Å²) in [5.74, 6) is 0.114. The molecule has 1 amide bonds. The minimum atomic E-state index is -0.145. The summed E-state index contributed by atoms with van der Waals surface area (Å²) in [7, 11) is 0. The Balaban J connectivity index is 1.51. The van der Waals surface area contributed by atoms with Crippen LogP contribution in [-0.2, 0) is 24.1 Å². The molecule has 0 saturated carbocycles. The smallest absolute Gasteiger partial charge is 0.273 e. The number of aromatic nitrogens is 1. The number of nitrogens with zero attached hydrogens (tertiary/aromatic N) is 1.